The number of sulfonamides is 1. The minimum Gasteiger partial charge on any atom is -0.493 e. The molecule has 0 radical (unpaired) electrons. The van der Waals surface area contributed by atoms with E-state index in [-0.39, 0.29) is 24.1 Å². The molecule has 12 heteroatoms. The second kappa shape index (κ2) is 13.2. The van der Waals surface area contributed by atoms with E-state index in [2.05, 4.69) is 5.32 Å². The number of halogens is 2. The van der Waals surface area contributed by atoms with Gasteiger partial charge in [-0.25, -0.2) is 8.42 Å². The summed E-state index contributed by atoms with van der Waals surface area (Å²) in [4.78, 5) is 27.8. The second-order valence-corrected chi connectivity index (χ2v) is 11.6. The van der Waals surface area contributed by atoms with Gasteiger partial charge >= 0.3 is 0 Å². The van der Waals surface area contributed by atoms with E-state index < -0.39 is 28.5 Å². The highest BCUT2D eigenvalue weighted by molar-refractivity contribution is 7.92. The Hall–Kier alpha value is -2.69. The van der Waals surface area contributed by atoms with Crippen LogP contribution in [0, 0.1) is 5.92 Å². The molecule has 0 saturated heterocycles. The van der Waals surface area contributed by atoms with E-state index in [0.29, 0.717) is 33.7 Å². The molecule has 2 aromatic carbocycles. The van der Waals surface area contributed by atoms with Crippen LogP contribution in [0.4, 0.5) is 5.69 Å². The van der Waals surface area contributed by atoms with Crippen molar-refractivity contribution in [3.63, 3.8) is 0 Å². The summed E-state index contributed by atoms with van der Waals surface area (Å²) in [6, 6.07) is 8.52. The molecule has 2 amide bonds. The van der Waals surface area contributed by atoms with Gasteiger partial charge in [0, 0.05) is 19.2 Å². The first-order valence-electron chi connectivity index (χ1n) is 11.5. The maximum Gasteiger partial charge on any atom is 0.244 e. The lowest BCUT2D eigenvalue weighted by atomic mass is 10.1. The molecule has 2 aromatic rings. The Balaban J connectivity index is 2.44. The molecular formula is C25H33Cl2N3O6S. The first-order chi connectivity index (χ1) is 17.3. The van der Waals surface area contributed by atoms with Crippen molar-refractivity contribution in [3.05, 3.63) is 52.0 Å². The lowest BCUT2D eigenvalue weighted by molar-refractivity contribution is -0.139. The van der Waals surface area contributed by atoms with Crippen LogP contribution in [0.15, 0.2) is 36.4 Å². The van der Waals surface area contributed by atoms with Gasteiger partial charge in [0.15, 0.2) is 11.5 Å². The highest BCUT2D eigenvalue weighted by Gasteiger charge is 2.30. The zero-order valence-corrected chi connectivity index (χ0v) is 24.1. The van der Waals surface area contributed by atoms with Gasteiger partial charge in [-0.3, -0.25) is 13.9 Å². The molecule has 0 bridgehead atoms. The van der Waals surface area contributed by atoms with Gasteiger partial charge < -0.3 is 19.7 Å². The lowest BCUT2D eigenvalue weighted by Crippen LogP contribution is -2.51. The largest absolute Gasteiger partial charge is 0.493 e. The maximum atomic E-state index is 13.6. The van der Waals surface area contributed by atoms with Crippen LogP contribution in [-0.2, 0) is 26.2 Å². The van der Waals surface area contributed by atoms with Crippen molar-refractivity contribution in [3.8, 4) is 11.5 Å². The van der Waals surface area contributed by atoms with E-state index >= 15 is 0 Å². The Kier molecular flexibility index (Phi) is 10.9. The number of methoxy groups -OCH3 is 2. The van der Waals surface area contributed by atoms with Gasteiger partial charge in [-0.1, -0.05) is 43.1 Å². The van der Waals surface area contributed by atoms with Gasteiger partial charge in [0.05, 0.1) is 36.2 Å². The van der Waals surface area contributed by atoms with Gasteiger partial charge in [-0.15, -0.1) is 0 Å². The maximum absolute atomic E-state index is 13.6. The Bertz CT molecular complexity index is 1220. The number of nitrogens with zero attached hydrogens (tertiary/aromatic N) is 2. The van der Waals surface area contributed by atoms with Crippen LogP contribution in [0.5, 0.6) is 11.5 Å². The third-order valence-corrected chi connectivity index (χ3v) is 7.40. The number of nitrogens with one attached hydrogen (secondary N) is 1. The number of benzene rings is 2. The van der Waals surface area contributed by atoms with E-state index in [1.165, 1.54) is 31.3 Å². The molecule has 37 heavy (non-hydrogen) atoms. The Labute approximate surface area is 228 Å². The highest BCUT2D eigenvalue weighted by Crippen LogP contribution is 2.32. The molecule has 0 aromatic heterocycles. The Morgan fingerprint density at radius 1 is 0.973 bits per heavy atom. The fourth-order valence-electron chi connectivity index (χ4n) is 3.46. The Morgan fingerprint density at radius 3 is 2.16 bits per heavy atom. The van der Waals surface area contributed by atoms with E-state index in [0.717, 1.165) is 10.6 Å². The van der Waals surface area contributed by atoms with Gasteiger partial charge in [0.2, 0.25) is 21.8 Å². The zero-order chi connectivity index (χ0) is 27.9. The van der Waals surface area contributed by atoms with Crippen molar-refractivity contribution in [1.29, 1.82) is 0 Å². The van der Waals surface area contributed by atoms with E-state index in [9.17, 15) is 18.0 Å². The van der Waals surface area contributed by atoms with Gasteiger partial charge in [0.25, 0.3) is 0 Å². The first kappa shape index (κ1) is 30.5. The molecule has 0 aliphatic rings. The number of anilines is 1. The highest BCUT2D eigenvalue weighted by atomic mass is 35.5. The summed E-state index contributed by atoms with van der Waals surface area (Å²) in [6.07, 6.45) is 0.999. The minimum absolute atomic E-state index is 0.00945. The van der Waals surface area contributed by atoms with E-state index in [1.54, 1.807) is 31.2 Å². The number of ether oxygens (including phenoxy) is 2. The summed E-state index contributed by atoms with van der Waals surface area (Å²) in [5.41, 5.74) is 0.836. The molecular weight excluding hydrogens is 541 g/mol. The van der Waals surface area contributed by atoms with Crippen LogP contribution in [-0.4, -0.2) is 64.7 Å². The smallest absolute Gasteiger partial charge is 0.244 e. The van der Waals surface area contributed by atoms with Gasteiger partial charge in [-0.05, 0) is 42.7 Å². The molecule has 1 atom stereocenters. The van der Waals surface area contributed by atoms with E-state index in [4.69, 9.17) is 32.7 Å². The van der Waals surface area contributed by atoms with Crippen molar-refractivity contribution in [2.75, 3.05) is 37.9 Å². The summed E-state index contributed by atoms with van der Waals surface area (Å²) in [5, 5.41) is 3.47. The molecule has 0 aliphatic carbocycles. The molecule has 204 valence electrons. The minimum atomic E-state index is -3.89. The third-order valence-electron chi connectivity index (χ3n) is 5.52. The fraction of sp³-hybridized carbons (Fsp3) is 0.440. The molecule has 0 saturated carbocycles. The second-order valence-electron chi connectivity index (χ2n) is 8.89. The number of hydrogen-bond donors (Lipinski definition) is 1. The quantitative estimate of drug-likeness (QED) is 0.412. The fourth-order valence-corrected chi connectivity index (χ4v) is 4.63. The summed E-state index contributed by atoms with van der Waals surface area (Å²) >= 11 is 12.2. The van der Waals surface area contributed by atoms with Crippen LogP contribution in [0.3, 0.4) is 0 Å². The standard InChI is InChI=1S/C25H33Cl2N3O6S/c1-16(2)13-28-25(32)17(3)29(14-18-7-9-20(26)21(27)11-18)24(31)15-30(37(6,33)34)19-8-10-22(35-4)23(12-19)36-5/h7-12,16-17H,13-15H2,1-6H3,(H,28,32). The molecule has 0 aliphatic heterocycles. The van der Waals surface area contributed by atoms with Gasteiger partial charge in [-0.2, -0.15) is 0 Å². The zero-order valence-electron chi connectivity index (χ0n) is 21.7. The van der Waals surface area contributed by atoms with Crippen molar-refractivity contribution >= 4 is 50.7 Å². The average Bonchev–Trinajstić information content (AvgIpc) is 2.84. The number of hydrogen-bond acceptors (Lipinski definition) is 6. The molecule has 0 heterocycles. The monoisotopic (exact) mass is 573 g/mol. The number of amides is 2. The number of rotatable bonds is 12. The van der Waals surface area contributed by atoms with Crippen LogP contribution in [0.25, 0.3) is 0 Å². The third kappa shape index (κ3) is 8.41. The molecule has 0 fully saturated rings. The van der Waals surface area contributed by atoms with Crippen molar-refractivity contribution in [2.45, 2.75) is 33.4 Å². The normalized spacial score (nSPS) is 12.1. The predicted molar refractivity (Wildman–Crippen MR) is 146 cm³/mol. The number of carbonyl (C=O) groups is 2. The predicted octanol–water partition coefficient (Wildman–Crippen LogP) is 3.97. The van der Waals surface area contributed by atoms with Crippen molar-refractivity contribution in [2.24, 2.45) is 5.92 Å². The van der Waals surface area contributed by atoms with E-state index in [1.807, 2.05) is 13.8 Å². The summed E-state index contributed by atoms with van der Waals surface area (Å²) in [6.45, 7) is 5.39. The lowest BCUT2D eigenvalue weighted by Gasteiger charge is -2.31. The van der Waals surface area contributed by atoms with Crippen molar-refractivity contribution < 1.29 is 27.5 Å². The van der Waals surface area contributed by atoms with Gasteiger partial charge in [0.1, 0.15) is 12.6 Å². The molecule has 2 rings (SSSR count). The van der Waals surface area contributed by atoms with Crippen LogP contribution < -0.4 is 19.1 Å². The SMILES string of the molecule is COc1ccc(N(CC(=O)N(Cc2ccc(Cl)c(Cl)c2)C(C)C(=O)NCC(C)C)S(C)(=O)=O)cc1OC. The van der Waals surface area contributed by atoms with Crippen LogP contribution in [0.2, 0.25) is 10.0 Å². The molecule has 1 N–H and O–H groups in total. The van der Waals surface area contributed by atoms with Crippen LogP contribution in [0.1, 0.15) is 26.3 Å². The summed E-state index contributed by atoms with van der Waals surface area (Å²) in [5.74, 6) is -0.0309. The number of carbonyl (C=O) groups excluding carboxylic acids is 2. The summed E-state index contributed by atoms with van der Waals surface area (Å²) < 4.78 is 36.9. The first-order valence-corrected chi connectivity index (χ1v) is 14.1. The summed E-state index contributed by atoms with van der Waals surface area (Å²) in [7, 11) is -1.01. The molecule has 1 unspecified atom stereocenters. The molecule has 9 nitrogen and oxygen atoms in total. The van der Waals surface area contributed by atoms with Crippen LogP contribution >= 0.6 is 23.2 Å². The van der Waals surface area contributed by atoms with Crippen molar-refractivity contribution in [1.82, 2.24) is 10.2 Å². The topological polar surface area (TPSA) is 105 Å². The molecule has 0 spiro atoms. The average molecular weight is 575 g/mol. The Morgan fingerprint density at radius 2 is 1.62 bits per heavy atom.